The zero-order chi connectivity index (χ0) is 16.4. The minimum atomic E-state index is -0.686. The third kappa shape index (κ3) is 2.95. The fourth-order valence-corrected chi connectivity index (χ4v) is 2.33. The van der Waals surface area contributed by atoms with Gasteiger partial charge in [-0.2, -0.15) is 5.10 Å². The number of nitrogens with two attached hydrogens (primary N) is 1. The molecule has 2 aromatic rings. The Morgan fingerprint density at radius 3 is 2.27 bits per heavy atom. The molecule has 8 nitrogen and oxygen atoms in total. The second-order valence-corrected chi connectivity index (χ2v) is 5.05. The van der Waals surface area contributed by atoms with E-state index in [1.54, 1.807) is 4.68 Å². The van der Waals surface area contributed by atoms with Crippen LogP contribution >= 0.6 is 0 Å². The summed E-state index contributed by atoms with van der Waals surface area (Å²) in [7, 11) is 1.86. The van der Waals surface area contributed by atoms with E-state index in [0.29, 0.717) is 0 Å². The van der Waals surface area contributed by atoms with Gasteiger partial charge in [0.2, 0.25) is 0 Å². The lowest BCUT2D eigenvalue weighted by Crippen LogP contribution is -2.28. The minimum absolute atomic E-state index is 0.0172. The molecular weight excluding hydrogens is 284 g/mol. The highest BCUT2D eigenvalue weighted by Gasteiger charge is 2.19. The zero-order valence-electron chi connectivity index (χ0n) is 12.9. The Bertz CT molecular complexity index is 720. The molecule has 0 spiro atoms. The van der Waals surface area contributed by atoms with Crippen molar-refractivity contribution in [1.29, 1.82) is 0 Å². The summed E-state index contributed by atoms with van der Waals surface area (Å²) in [6.45, 7) is 5.71. The van der Waals surface area contributed by atoms with E-state index in [9.17, 15) is 9.59 Å². The van der Waals surface area contributed by atoms with Crippen LogP contribution < -0.4 is 11.1 Å². The molecule has 1 unspecified atom stereocenters. The van der Waals surface area contributed by atoms with Crippen LogP contribution in [-0.2, 0) is 7.05 Å². The molecule has 0 aliphatic heterocycles. The van der Waals surface area contributed by atoms with Crippen LogP contribution in [0.4, 0.5) is 0 Å². The van der Waals surface area contributed by atoms with Crippen molar-refractivity contribution in [2.45, 2.75) is 26.8 Å². The van der Waals surface area contributed by atoms with Gasteiger partial charge in [-0.1, -0.05) is 0 Å². The molecular formula is C14H18N6O2. The van der Waals surface area contributed by atoms with Crippen LogP contribution in [0, 0.1) is 13.8 Å². The molecule has 0 saturated carbocycles. The van der Waals surface area contributed by atoms with E-state index in [1.165, 1.54) is 12.4 Å². The highest BCUT2D eigenvalue weighted by Crippen LogP contribution is 2.20. The van der Waals surface area contributed by atoms with E-state index in [2.05, 4.69) is 20.4 Å². The van der Waals surface area contributed by atoms with E-state index in [1.807, 2.05) is 27.8 Å². The number of primary amides is 1. The van der Waals surface area contributed by atoms with Crippen LogP contribution in [0.3, 0.4) is 0 Å². The molecule has 2 rings (SSSR count). The Hall–Kier alpha value is -2.77. The summed E-state index contributed by atoms with van der Waals surface area (Å²) in [6, 6.07) is -0.223. The topological polar surface area (TPSA) is 116 Å². The van der Waals surface area contributed by atoms with Gasteiger partial charge in [-0.3, -0.25) is 14.3 Å². The van der Waals surface area contributed by atoms with Gasteiger partial charge in [0.25, 0.3) is 11.8 Å². The third-order valence-corrected chi connectivity index (χ3v) is 3.48. The maximum absolute atomic E-state index is 12.2. The van der Waals surface area contributed by atoms with Crippen LogP contribution in [0.15, 0.2) is 12.4 Å². The Kier molecular flexibility index (Phi) is 4.20. The second kappa shape index (κ2) is 5.92. The SMILES string of the molecule is Cc1nn(C)c(C)c1C(C)NC(=O)c1cnc(C(N)=O)cn1. The van der Waals surface area contributed by atoms with E-state index >= 15 is 0 Å². The number of hydrogen-bond donors (Lipinski definition) is 2. The van der Waals surface area contributed by atoms with E-state index in [4.69, 9.17) is 5.73 Å². The maximum Gasteiger partial charge on any atom is 0.271 e. The Labute approximate surface area is 127 Å². The number of carbonyl (C=O) groups excluding carboxylic acids is 2. The van der Waals surface area contributed by atoms with Crippen molar-refractivity contribution in [3.63, 3.8) is 0 Å². The first-order valence-electron chi connectivity index (χ1n) is 6.74. The largest absolute Gasteiger partial charge is 0.364 e. The van der Waals surface area contributed by atoms with Gasteiger partial charge in [-0.25, -0.2) is 9.97 Å². The predicted molar refractivity (Wildman–Crippen MR) is 79.1 cm³/mol. The number of aryl methyl sites for hydroxylation is 2. The predicted octanol–water partition coefficient (Wildman–Crippen LogP) is 0.417. The average molecular weight is 302 g/mol. The first kappa shape index (κ1) is 15.6. The van der Waals surface area contributed by atoms with Crippen molar-refractivity contribution in [3.05, 3.63) is 40.7 Å². The highest BCUT2D eigenvalue weighted by molar-refractivity contribution is 5.94. The summed E-state index contributed by atoms with van der Waals surface area (Å²) in [6.07, 6.45) is 2.41. The van der Waals surface area contributed by atoms with Crippen LogP contribution in [0.25, 0.3) is 0 Å². The normalized spacial score (nSPS) is 12.0. The number of rotatable bonds is 4. The van der Waals surface area contributed by atoms with Gasteiger partial charge in [0.1, 0.15) is 11.4 Å². The summed E-state index contributed by atoms with van der Waals surface area (Å²) in [5.74, 6) is -1.06. The molecule has 116 valence electrons. The van der Waals surface area contributed by atoms with Gasteiger partial charge in [0, 0.05) is 18.3 Å². The van der Waals surface area contributed by atoms with Gasteiger partial charge in [0.15, 0.2) is 0 Å². The minimum Gasteiger partial charge on any atom is -0.364 e. The molecule has 3 N–H and O–H groups in total. The van der Waals surface area contributed by atoms with Crippen LogP contribution in [0.2, 0.25) is 0 Å². The second-order valence-electron chi connectivity index (χ2n) is 5.05. The third-order valence-electron chi connectivity index (χ3n) is 3.48. The van der Waals surface area contributed by atoms with Crippen molar-refractivity contribution in [1.82, 2.24) is 25.1 Å². The molecule has 0 aliphatic carbocycles. The molecule has 2 heterocycles. The van der Waals surface area contributed by atoms with Crippen molar-refractivity contribution in [2.24, 2.45) is 12.8 Å². The Morgan fingerprint density at radius 1 is 1.23 bits per heavy atom. The van der Waals surface area contributed by atoms with E-state index in [-0.39, 0.29) is 23.3 Å². The van der Waals surface area contributed by atoms with Crippen molar-refractivity contribution in [3.8, 4) is 0 Å². The van der Waals surface area contributed by atoms with Crippen molar-refractivity contribution in [2.75, 3.05) is 0 Å². The van der Waals surface area contributed by atoms with Crippen LogP contribution in [0.1, 0.15) is 50.9 Å². The Balaban J connectivity index is 2.16. The number of carbonyl (C=O) groups is 2. The molecule has 22 heavy (non-hydrogen) atoms. The lowest BCUT2D eigenvalue weighted by molar-refractivity contribution is 0.0931. The summed E-state index contributed by atoms with van der Waals surface area (Å²) >= 11 is 0. The molecule has 0 saturated heterocycles. The molecule has 0 radical (unpaired) electrons. The molecule has 0 fully saturated rings. The van der Waals surface area contributed by atoms with Gasteiger partial charge in [-0.15, -0.1) is 0 Å². The molecule has 0 bridgehead atoms. The summed E-state index contributed by atoms with van der Waals surface area (Å²) < 4.78 is 1.77. The average Bonchev–Trinajstić information content (AvgIpc) is 2.72. The van der Waals surface area contributed by atoms with Gasteiger partial charge < -0.3 is 11.1 Å². The fourth-order valence-electron chi connectivity index (χ4n) is 2.33. The monoisotopic (exact) mass is 302 g/mol. The number of hydrogen-bond acceptors (Lipinski definition) is 5. The van der Waals surface area contributed by atoms with Crippen LogP contribution in [0.5, 0.6) is 0 Å². The Morgan fingerprint density at radius 2 is 1.82 bits per heavy atom. The summed E-state index contributed by atoms with van der Waals surface area (Å²) in [4.78, 5) is 30.8. The van der Waals surface area contributed by atoms with Gasteiger partial charge in [-0.05, 0) is 20.8 Å². The quantitative estimate of drug-likeness (QED) is 0.849. The number of nitrogens with one attached hydrogen (secondary N) is 1. The standard InChI is InChI=1S/C14H18N6O2/c1-7(12-8(2)19-20(4)9(12)3)18-14(22)11-6-16-10(5-17-11)13(15)21/h5-7H,1-4H3,(H2,15,21)(H,18,22). The summed E-state index contributed by atoms with van der Waals surface area (Å²) in [5, 5.41) is 7.17. The fraction of sp³-hybridized carbons (Fsp3) is 0.357. The maximum atomic E-state index is 12.2. The van der Waals surface area contributed by atoms with E-state index in [0.717, 1.165) is 17.0 Å². The lowest BCUT2D eigenvalue weighted by atomic mass is 10.1. The summed E-state index contributed by atoms with van der Waals surface area (Å²) in [5.41, 5.74) is 8.04. The smallest absolute Gasteiger partial charge is 0.271 e. The molecule has 1 atom stereocenters. The molecule has 2 amide bonds. The molecule has 2 aromatic heterocycles. The lowest BCUT2D eigenvalue weighted by Gasteiger charge is -2.14. The number of amides is 2. The van der Waals surface area contributed by atoms with E-state index < -0.39 is 5.91 Å². The number of nitrogens with zero attached hydrogens (tertiary/aromatic N) is 4. The van der Waals surface area contributed by atoms with Crippen LogP contribution in [-0.4, -0.2) is 31.6 Å². The highest BCUT2D eigenvalue weighted by atomic mass is 16.2. The first-order chi connectivity index (χ1) is 10.3. The van der Waals surface area contributed by atoms with Gasteiger partial charge in [0.05, 0.1) is 24.1 Å². The zero-order valence-corrected chi connectivity index (χ0v) is 12.9. The van der Waals surface area contributed by atoms with Gasteiger partial charge >= 0.3 is 0 Å². The van der Waals surface area contributed by atoms with Crippen molar-refractivity contribution < 1.29 is 9.59 Å². The van der Waals surface area contributed by atoms with Crippen molar-refractivity contribution >= 4 is 11.8 Å². The number of aromatic nitrogens is 4. The molecule has 0 aromatic carbocycles. The molecule has 8 heteroatoms. The molecule has 0 aliphatic rings. The first-order valence-corrected chi connectivity index (χ1v) is 6.74.